The van der Waals surface area contributed by atoms with Crippen molar-refractivity contribution in [3.05, 3.63) is 0 Å². The Hall–Kier alpha value is 0.430. The van der Waals surface area contributed by atoms with Crippen LogP contribution in [0.25, 0.3) is 0 Å². The average Bonchev–Trinajstić information content (AvgIpc) is 2.03. The Morgan fingerprint density at radius 1 is 0.917 bits per heavy atom. The molecular weight excluding hydrogens is 163 g/mol. The molecule has 0 bridgehead atoms. The highest BCUT2D eigenvalue weighted by molar-refractivity contribution is 7.17. The molecule has 0 amide bonds. The van der Waals surface area contributed by atoms with Gasteiger partial charge in [0.2, 0.25) is 0 Å². The minimum Gasteiger partial charge on any atom is -0.133 e. The zero-order chi connectivity index (χ0) is 9.99. The molecule has 0 spiro atoms. The minimum atomic E-state index is 0.449. The lowest BCUT2D eigenvalue weighted by molar-refractivity contribution is 0.197. The lowest BCUT2D eigenvalue weighted by atomic mass is 9.72. The van der Waals surface area contributed by atoms with Gasteiger partial charge in [-0.05, 0) is 16.5 Å². The summed E-state index contributed by atoms with van der Waals surface area (Å²) in [5, 5.41) is 0. The van der Waals surface area contributed by atoms with Gasteiger partial charge in [0.25, 0.3) is 0 Å². The van der Waals surface area contributed by atoms with Crippen molar-refractivity contribution in [2.75, 3.05) is 0 Å². The van der Waals surface area contributed by atoms with Gasteiger partial charge in [-0.25, -0.2) is 0 Å². The van der Waals surface area contributed by atoms with E-state index in [1.165, 1.54) is 12.8 Å². The zero-order valence-corrected chi connectivity index (χ0v) is 10.7. The zero-order valence-electron chi connectivity index (χ0n) is 9.57. The maximum atomic E-state index is 3.04. The summed E-state index contributed by atoms with van der Waals surface area (Å²) in [4.78, 5) is 0. The smallest absolute Gasteiger partial charge is 0.0162 e. The van der Waals surface area contributed by atoms with E-state index in [-0.39, 0.29) is 0 Å². The van der Waals surface area contributed by atoms with Gasteiger partial charge in [-0.2, -0.15) is 0 Å². The van der Waals surface area contributed by atoms with Crippen LogP contribution in [0.1, 0.15) is 54.4 Å². The normalized spacial score (nSPS) is 14.0. The third-order valence-corrected chi connectivity index (χ3v) is 5.31. The molecular formula is C11H25P. The van der Waals surface area contributed by atoms with Crippen LogP contribution in [0.15, 0.2) is 0 Å². The quantitative estimate of drug-likeness (QED) is 0.583. The van der Waals surface area contributed by atoms with Gasteiger partial charge in [-0.15, -0.1) is 9.24 Å². The summed E-state index contributed by atoms with van der Waals surface area (Å²) in [6.07, 6.45) is 2.51. The third kappa shape index (κ3) is 2.73. The number of hydrogen-bond acceptors (Lipinski definition) is 0. The molecule has 0 aromatic carbocycles. The molecule has 0 aromatic rings. The number of rotatable bonds is 4. The lowest BCUT2D eigenvalue weighted by Gasteiger charge is -2.41. The van der Waals surface area contributed by atoms with Gasteiger partial charge >= 0.3 is 0 Å². The molecule has 0 nitrogen and oxygen atoms in total. The fraction of sp³-hybridized carbons (Fsp3) is 1.00. The van der Waals surface area contributed by atoms with E-state index in [0.717, 1.165) is 0 Å². The molecule has 1 unspecified atom stereocenters. The summed E-state index contributed by atoms with van der Waals surface area (Å²) in [5.41, 5.74) is 1.61. The molecule has 0 N–H and O–H groups in total. The lowest BCUT2D eigenvalue weighted by Crippen LogP contribution is -2.36. The topological polar surface area (TPSA) is 0 Å². The van der Waals surface area contributed by atoms with Gasteiger partial charge in [-0.1, -0.05) is 54.4 Å². The summed E-state index contributed by atoms with van der Waals surface area (Å²) >= 11 is 0. The highest BCUT2D eigenvalue weighted by Gasteiger charge is 2.34. The summed E-state index contributed by atoms with van der Waals surface area (Å²) in [7, 11) is 3.04. The molecule has 0 rings (SSSR count). The van der Waals surface area contributed by atoms with Gasteiger partial charge in [0.05, 0.1) is 0 Å². The first kappa shape index (κ1) is 12.4. The Morgan fingerprint density at radius 2 is 1.17 bits per heavy atom. The predicted molar refractivity (Wildman–Crippen MR) is 61.6 cm³/mol. The minimum absolute atomic E-state index is 0.449. The number of hydrogen-bond donors (Lipinski definition) is 0. The monoisotopic (exact) mass is 188 g/mol. The van der Waals surface area contributed by atoms with Crippen molar-refractivity contribution in [1.82, 2.24) is 0 Å². The Bertz CT molecular complexity index is 120. The molecule has 0 fully saturated rings. The summed E-state index contributed by atoms with van der Waals surface area (Å²) in [6.45, 7) is 14.0. The molecule has 0 heterocycles. The van der Waals surface area contributed by atoms with Crippen LogP contribution in [0.4, 0.5) is 0 Å². The van der Waals surface area contributed by atoms with E-state index in [1.807, 2.05) is 0 Å². The maximum Gasteiger partial charge on any atom is -0.0162 e. The van der Waals surface area contributed by atoms with Gasteiger partial charge in [0.15, 0.2) is 0 Å². The average molecular weight is 188 g/mol. The Kier molecular flexibility index (Phi) is 4.24. The van der Waals surface area contributed by atoms with Crippen LogP contribution in [0.3, 0.4) is 0 Å². The Morgan fingerprint density at radius 3 is 1.33 bits per heavy atom. The second-order valence-electron chi connectivity index (χ2n) is 5.16. The van der Waals surface area contributed by atoms with E-state index in [2.05, 4.69) is 50.8 Å². The molecule has 0 radical (unpaired) electrons. The van der Waals surface area contributed by atoms with Crippen molar-refractivity contribution in [3.8, 4) is 0 Å². The SMILES string of the molecule is CCC(C)(C)C(P)C(C)(C)CC. The van der Waals surface area contributed by atoms with Crippen LogP contribution in [0.2, 0.25) is 0 Å². The van der Waals surface area contributed by atoms with Gasteiger partial charge < -0.3 is 0 Å². The first-order chi connectivity index (χ1) is 5.28. The molecule has 0 aliphatic carbocycles. The van der Waals surface area contributed by atoms with Crippen LogP contribution in [0.5, 0.6) is 0 Å². The van der Waals surface area contributed by atoms with Crippen molar-refractivity contribution in [2.45, 2.75) is 60.0 Å². The van der Waals surface area contributed by atoms with Gasteiger partial charge in [0.1, 0.15) is 0 Å². The Labute approximate surface area is 80.7 Å². The fourth-order valence-electron chi connectivity index (χ4n) is 1.50. The molecule has 0 aromatic heterocycles. The first-order valence-corrected chi connectivity index (χ1v) is 5.70. The summed E-state index contributed by atoms with van der Waals surface area (Å²) in [6, 6.07) is 0. The Balaban J connectivity index is 4.47. The molecule has 12 heavy (non-hydrogen) atoms. The molecule has 0 saturated heterocycles. The van der Waals surface area contributed by atoms with E-state index in [9.17, 15) is 0 Å². The molecule has 0 saturated carbocycles. The molecule has 74 valence electrons. The van der Waals surface area contributed by atoms with Gasteiger partial charge in [0, 0.05) is 0 Å². The van der Waals surface area contributed by atoms with Crippen LogP contribution in [-0.4, -0.2) is 5.66 Å². The second kappa shape index (κ2) is 4.09. The second-order valence-corrected chi connectivity index (χ2v) is 5.83. The van der Waals surface area contributed by atoms with Crippen molar-refractivity contribution in [1.29, 1.82) is 0 Å². The van der Waals surface area contributed by atoms with Crippen LogP contribution < -0.4 is 0 Å². The highest BCUT2D eigenvalue weighted by Crippen LogP contribution is 2.43. The predicted octanol–water partition coefficient (Wildman–Crippen LogP) is 4.10. The van der Waals surface area contributed by atoms with Crippen molar-refractivity contribution < 1.29 is 0 Å². The standard InChI is InChI=1S/C11H25P/c1-7-10(3,4)9(12)11(5,6)8-2/h9H,7-8,12H2,1-6H3. The molecule has 1 heteroatoms. The van der Waals surface area contributed by atoms with Crippen LogP contribution in [-0.2, 0) is 0 Å². The van der Waals surface area contributed by atoms with Crippen LogP contribution in [0, 0.1) is 10.8 Å². The van der Waals surface area contributed by atoms with Crippen molar-refractivity contribution in [2.24, 2.45) is 10.8 Å². The summed E-state index contributed by atoms with van der Waals surface area (Å²) < 4.78 is 0. The van der Waals surface area contributed by atoms with E-state index in [1.54, 1.807) is 0 Å². The summed E-state index contributed by atoms with van der Waals surface area (Å²) in [5.74, 6) is 0. The van der Waals surface area contributed by atoms with Crippen molar-refractivity contribution >= 4 is 9.24 Å². The third-order valence-electron chi connectivity index (χ3n) is 3.51. The van der Waals surface area contributed by atoms with Crippen molar-refractivity contribution in [3.63, 3.8) is 0 Å². The van der Waals surface area contributed by atoms with E-state index in [4.69, 9.17) is 0 Å². The van der Waals surface area contributed by atoms with E-state index in [0.29, 0.717) is 16.5 Å². The molecule has 0 aliphatic heterocycles. The fourth-order valence-corrected chi connectivity index (χ4v) is 1.97. The molecule has 0 aliphatic rings. The van der Waals surface area contributed by atoms with Crippen LogP contribution >= 0.6 is 9.24 Å². The first-order valence-electron chi connectivity index (χ1n) is 5.03. The highest BCUT2D eigenvalue weighted by atomic mass is 31.0. The van der Waals surface area contributed by atoms with Gasteiger partial charge in [-0.3, -0.25) is 0 Å². The maximum absolute atomic E-state index is 3.04. The molecule has 1 atom stereocenters. The van der Waals surface area contributed by atoms with E-state index < -0.39 is 0 Å². The largest absolute Gasteiger partial charge is 0.133 e. The van der Waals surface area contributed by atoms with E-state index >= 15 is 0 Å².